The molecule has 7 rings (SSSR count). The van der Waals surface area contributed by atoms with Crippen LogP contribution in [-0.2, 0) is 26.0 Å². The Bertz CT molecular complexity index is 2380. The van der Waals surface area contributed by atoms with Crippen molar-refractivity contribution in [3.63, 3.8) is 0 Å². The molecule has 2 aliphatic heterocycles. The molecule has 15 nitrogen and oxygen atoms in total. The highest BCUT2D eigenvalue weighted by atomic mass is 79.9. The van der Waals surface area contributed by atoms with E-state index in [1.165, 1.54) is 30.5 Å². The Morgan fingerprint density at radius 3 is 2.46 bits per heavy atom. The smallest absolute Gasteiger partial charge is 0.262 e. The number of sulfonamides is 1. The molecule has 1 aromatic heterocycles. The number of carbonyl (C=O) groups is 5. The number of aromatic nitrogens is 2. The maximum Gasteiger partial charge on any atom is 0.262 e. The molecule has 1 aliphatic carbocycles. The molecule has 3 heterocycles. The first-order valence-electron chi connectivity index (χ1n) is 17.9. The first-order valence-corrected chi connectivity index (χ1v) is 20.2. The molecule has 2 fully saturated rings. The van der Waals surface area contributed by atoms with Crippen LogP contribution in [0.5, 0.6) is 0 Å². The van der Waals surface area contributed by atoms with Gasteiger partial charge in [-0.1, -0.05) is 31.0 Å². The van der Waals surface area contributed by atoms with Crippen molar-refractivity contribution in [2.45, 2.75) is 68.3 Å². The van der Waals surface area contributed by atoms with Gasteiger partial charge in [-0.2, -0.15) is 4.98 Å². The number of halogens is 2. The third-order valence-corrected chi connectivity index (χ3v) is 12.3. The molecule has 6 N–H and O–H groups in total. The minimum absolute atomic E-state index is 0.0394. The van der Waals surface area contributed by atoms with Gasteiger partial charge in [0.1, 0.15) is 17.7 Å². The largest absolute Gasteiger partial charge is 0.365 e. The lowest BCUT2D eigenvalue weighted by atomic mass is 9.89. The zero-order chi connectivity index (χ0) is 39.7. The van der Waals surface area contributed by atoms with Gasteiger partial charge in [-0.3, -0.25) is 34.2 Å². The second-order valence-electron chi connectivity index (χ2n) is 13.9. The Hall–Kier alpha value is -5.59. The van der Waals surface area contributed by atoms with Gasteiger partial charge in [0.15, 0.2) is 0 Å². The van der Waals surface area contributed by atoms with Crippen molar-refractivity contribution in [3.05, 3.63) is 99.4 Å². The summed E-state index contributed by atoms with van der Waals surface area (Å²) in [6, 6.07) is 13.8. The number of hydrogen-bond donors (Lipinski definition) is 5. The summed E-state index contributed by atoms with van der Waals surface area (Å²) in [5.41, 5.74) is 6.88. The maximum absolute atomic E-state index is 14.3. The van der Waals surface area contributed by atoms with Crippen molar-refractivity contribution in [1.82, 2.24) is 24.9 Å². The van der Waals surface area contributed by atoms with E-state index in [-0.39, 0.29) is 63.8 Å². The summed E-state index contributed by atoms with van der Waals surface area (Å²) in [4.78, 5) is 72.5. The van der Waals surface area contributed by atoms with Crippen LogP contribution in [0.25, 0.3) is 0 Å². The zero-order valence-electron chi connectivity index (χ0n) is 29.7. The van der Waals surface area contributed by atoms with Crippen LogP contribution in [0.4, 0.5) is 27.5 Å². The number of piperidine rings is 1. The fourth-order valence-electron chi connectivity index (χ4n) is 7.42. The predicted octanol–water partition coefficient (Wildman–Crippen LogP) is 4.84. The molecule has 290 valence electrons. The molecule has 1 saturated carbocycles. The number of nitrogens with one attached hydrogen (secondary N) is 4. The summed E-state index contributed by atoms with van der Waals surface area (Å²) in [5, 5.41) is 8.11. The van der Waals surface area contributed by atoms with Crippen LogP contribution in [0.3, 0.4) is 0 Å². The molecule has 3 aliphatic rings. The monoisotopic (exact) mass is 846 g/mol. The average Bonchev–Trinajstić information content (AvgIpc) is 3.25. The molecule has 4 aromatic rings. The van der Waals surface area contributed by atoms with Crippen molar-refractivity contribution < 1.29 is 36.8 Å². The van der Waals surface area contributed by atoms with Gasteiger partial charge in [-0.15, -0.1) is 0 Å². The number of benzene rings is 3. The summed E-state index contributed by atoms with van der Waals surface area (Å²) < 4.78 is 44.5. The lowest BCUT2D eigenvalue weighted by molar-refractivity contribution is -0.136. The molecule has 0 bridgehead atoms. The van der Waals surface area contributed by atoms with Crippen molar-refractivity contribution in [2.75, 3.05) is 10.6 Å². The summed E-state index contributed by atoms with van der Waals surface area (Å²) in [7, 11) is -3.88. The molecule has 3 atom stereocenters. The fraction of sp³-hybridized carbons (Fsp3) is 0.289. The van der Waals surface area contributed by atoms with Crippen LogP contribution in [-0.4, -0.2) is 64.9 Å². The first-order chi connectivity index (χ1) is 26.8. The van der Waals surface area contributed by atoms with Crippen LogP contribution in [0.2, 0.25) is 0 Å². The molecule has 2 unspecified atom stereocenters. The lowest BCUT2D eigenvalue weighted by Gasteiger charge is -2.27. The highest BCUT2D eigenvalue weighted by molar-refractivity contribution is 9.10. The lowest BCUT2D eigenvalue weighted by Crippen LogP contribution is -2.54. The number of carbonyl (C=O) groups excluding carboxylic acids is 5. The van der Waals surface area contributed by atoms with E-state index in [0.29, 0.717) is 41.4 Å². The summed E-state index contributed by atoms with van der Waals surface area (Å²) in [6.07, 6.45) is 5.50. The highest BCUT2D eigenvalue weighted by Gasteiger charge is 2.45. The minimum Gasteiger partial charge on any atom is -0.365 e. The predicted molar refractivity (Wildman–Crippen MR) is 205 cm³/mol. The number of primary amides is 1. The quantitative estimate of drug-likeness (QED) is 0.102. The van der Waals surface area contributed by atoms with Gasteiger partial charge in [-0.25, -0.2) is 22.5 Å². The highest BCUT2D eigenvalue weighted by Crippen LogP contribution is 2.34. The number of anilines is 4. The van der Waals surface area contributed by atoms with Crippen LogP contribution in [0, 0.1) is 11.7 Å². The van der Waals surface area contributed by atoms with Crippen molar-refractivity contribution in [1.29, 1.82) is 0 Å². The van der Waals surface area contributed by atoms with Crippen LogP contribution in [0.15, 0.2) is 76.2 Å². The van der Waals surface area contributed by atoms with Crippen molar-refractivity contribution in [2.24, 2.45) is 11.7 Å². The Labute approximate surface area is 329 Å². The topological polar surface area (TPSA) is 223 Å². The molecule has 5 amide bonds. The van der Waals surface area contributed by atoms with Crippen LogP contribution in [0.1, 0.15) is 81.6 Å². The number of amides is 5. The second kappa shape index (κ2) is 15.9. The van der Waals surface area contributed by atoms with Crippen LogP contribution < -0.4 is 26.4 Å². The van der Waals surface area contributed by atoms with Crippen molar-refractivity contribution >= 4 is 78.6 Å². The Kier molecular flexibility index (Phi) is 11.0. The van der Waals surface area contributed by atoms with E-state index >= 15 is 0 Å². The standard InChI is InChI=1S/C38H36BrFN8O7S/c39-26-19-42-38(46-34(26)44-28-9-3-8-27(40)32(28)33(41)50)43-22-12-14-24(15-13-22)56(54,55)47-23-6-1-4-20(10-11-23)18-21-5-2-7-25-31(21)37(53)48(36(25)52)29-16-17-30(49)45-35(29)51/h2-3,5,7-9,12-15,19-20,23,29,47H,1,4,6,10-11,16-18H2,(H2,41,50)(H,45,49,51)(H2,42,43,44,46)/t20?,23-,29?/m1/s1. The van der Waals surface area contributed by atoms with E-state index in [4.69, 9.17) is 5.73 Å². The third kappa shape index (κ3) is 8.03. The number of rotatable bonds is 11. The van der Waals surface area contributed by atoms with E-state index in [1.54, 1.807) is 24.3 Å². The van der Waals surface area contributed by atoms with Gasteiger partial charge in [0.05, 0.1) is 31.7 Å². The fourth-order valence-corrected chi connectivity index (χ4v) is 9.02. The van der Waals surface area contributed by atoms with E-state index < -0.39 is 51.4 Å². The molecule has 1 saturated heterocycles. The number of nitrogens with zero attached hydrogens (tertiary/aromatic N) is 3. The van der Waals surface area contributed by atoms with Gasteiger partial charge in [0.2, 0.25) is 27.8 Å². The van der Waals surface area contributed by atoms with Gasteiger partial charge in [0.25, 0.3) is 17.7 Å². The minimum atomic E-state index is -3.88. The van der Waals surface area contributed by atoms with E-state index in [9.17, 15) is 36.8 Å². The first kappa shape index (κ1) is 38.7. The van der Waals surface area contributed by atoms with E-state index in [2.05, 4.69) is 46.6 Å². The molecule has 18 heteroatoms. The Balaban J connectivity index is 0.964. The SMILES string of the molecule is NC(=O)c1c(F)cccc1Nc1nc(Nc2ccc(S(=O)(=O)N[C@@H]3CCCC(Cc4cccc5c4C(=O)N(C4CCC(=O)NC4=O)C5=O)CC3)cc2)ncc1Br. The van der Waals surface area contributed by atoms with Crippen LogP contribution >= 0.6 is 15.9 Å². The third-order valence-electron chi connectivity index (χ3n) is 10.2. The number of fused-ring (bicyclic) bond motifs is 1. The van der Waals surface area contributed by atoms with Gasteiger partial charge < -0.3 is 16.4 Å². The molecular weight excluding hydrogens is 811 g/mol. The zero-order valence-corrected chi connectivity index (χ0v) is 32.1. The molecule has 0 spiro atoms. The van der Waals surface area contributed by atoms with E-state index in [1.807, 2.05) is 6.07 Å². The number of nitrogens with two attached hydrogens (primary N) is 1. The molecule has 56 heavy (non-hydrogen) atoms. The maximum atomic E-state index is 14.3. The summed E-state index contributed by atoms with van der Waals surface area (Å²) in [5.74, 6) is -3.43. The van der Waals surface area contributed by atoms with E-state index in [0.717, 1.165) is 23.8 Å². The molecule has 3 aromatic carbocycles. The Morgan fingerprint density at radius 1 is 0.946 bits per heavy atom. The summed E-state index contributed by atoms with van der Waals surface area (Å²) >= 11 is 3.34. The van der Waals surface area contributed by atoms with Gasteiger partial charge in [0, 0.05) is 24.3 Å². The summed E-state index contributed by atoms with van der Waals surface area (Å²) in [6.45, 7) is 0. The number of hydrogen-bond acceptors (Lipinski definition) is 11. The Morgan fingerprint density at radius 2 is 1.71 bits per heavy atom. The van der Waals surface area contributed by atoms with Gasteiger partial charge in [-0.05, 0) is 102 Å². The molecular formula is C38H36BrFN8O7S. The number of imide groups is 2. The second-order valence-corrected chi connectivity index (χ2v) is 16.4. The van der Waals surface area contributed by atoms with Gasteiger partial charge >= 0.3 is 0 Å². The van der Waals surface area contributed by atoms with Crippen molar-refractivity contribution in [3.8, 4) is 0 Å². The normalized spacial score (nSPS) is 20.0. The average molecular weight is 848 g/mol. The molecule has 0 radical (unpaired) electrons.